The normalized spacial score (nSPS) is 18.2. The highest BCUT2D eigenvalue weighted by Crippen LogP contribution is 2.14. The molecular formula is C14H27N3O. The highest BCUT2D eigenvalue weighted by Gasteiger charge is 2.26. The zero-order valence-electron chi connectivity index (χ0n) is 12.0. The maximum atomic E-state index is 12.4. The van der Waals surface area contributed by atoms with Gasteiger partial charge in [0.2, 0.25) is 5.91 Å². The van der Waals surface area contributed by atoms with Crippen molar-refractivity contribution in [1.82, 2.24) is 15.1 Å². The number of amides is 1. The van der Waals surface area contributed by atoms with Gasteiger partial charge in [0.1, 0.15) is 0 Å². The van der Waals surface area contributed by atoms with E-state index in [0.717, 1.165) is 32.6 Å². The monoisotopic (exact) mass is 253 g/mol. The topological polar surface area (TPSA) is 35.6 Å². The van der Waals surface area contributed by atoms with Crippen molar-refractivity contribution in [2.45, 2.75) is 32.7 Å². The molecule has 1 amide bonds. The second kappa shape index (κ2) is 6.90. The highest BCUT2D eigenvalue weighted by atomic mass is 16.2. The van der Waals surface area contributed by atoms with Crippen LogP contribution < -0.4 is 5.32 Å². The Hall–Kier alpha value is -0.870. The first-order valence-electron chi connectivity index (χ1n) is 6.79. The number of carbonyl (C=O) groups excluding carboxylic acids is 1. The summed E-state index contributed by atoms with van der Waals surface area (Å²) in [4.78, 5) is 16.5. The van der Waals surface area contributed by atoms with Crippen LogP contribution in [-0.2, 0) is 4.79 Å². The zero-order valence-corrected chi connectivity index (χ0v) is 12.0. The summed E-state index contributed by atoms with van der Waals surface area (Å²) in [5.41, 5.74) is -0.143. The van der Waals surface area contributed by atoms with E-state index < -0.39 is 0 Å². The number of rotatable bonds is 4. The van der Waals surface area contributed by atoms with E-state index in [-0.39, 0.29) is 11.4 Å². The fourth-order valence-corrected chi connectivity index (χ4v) is 2.22. The Kier molecular flexibility index (Phi) is 5.82. The predicted molar refractivity (Wildman–Crippen MR) is 75.6 cm³/mol. The van der Waals surface area contributed by atoms with Crippen molar-refractivity contribution in [3.8, 4) is 0 Å². The summed E-state index contributed by atoms with van der Waals surface area (Å²) in [7, 11) is 0. The molecule has 0 aromatic heterocycles. The van der Waals surface area contributed by atoms with Crippen LogP contribution in [0.15, 0.2) is 12.7 Å². The summed E-state index contributed by atoms with van der Waals surface area (Å²) in [6.45, 7) is 15.1. The summed E-state index contributed by atoms with van der Waals surface area (Å²) in [6, 6.07) is 0. The molecule has 1 aliphatic rings. The molecule has 0 radical (unpaired) electrons. The number of nitrogens with zero attached hydrogens (tertiary/aromatic N) is 2. The number of nitrogens with one attached hydrogen (secondary N) is 1. The second-order valence-electron chi connectivity index (χ2n) is 5.84. The Morgan fingerprint density at radius 1 is 1.39 bits per heavy atom. The fraction of sp³-hybridized carbons (Fsp3) is 0.786. The molecule has 0 unspecified atom stereocenters. The first-order valence-corrected chi connectivity index (χ1v) is 6.79. The average Bonchev–Trinajstić information content (AvgIpc) is 2.52. The van der Waals surface area contributed by atoms with Crippen LogP contribution in [0.1, 0.15) is 27.2 Å². The van der Waals surface area contributed by atoms with E-state index in [1.807, 2.05) is 4.90 Å². The Morgan fingerprint density at radius 3 is 2.72 bits per heavy atom. The smallest absolute Gasteiger partial charge is 0.237 e. The number of carbonyl (C=O) groups is 1. The molecule has 4 nitrogen and oxygen atoms in total. The molecule has 4 heteroatoms. The summed E-state index contributed by atoms with van der Waals surface area (Å²) in [5, 5.41) is 3.35. The lowest BCUT2D eigenvalue weighted by molar-refractivity contribution is -0.136. The van der Waals surface area contributed by atoms with Crippen molar-refractivity contribution in [2.24, 2.45) is 0 Å². The Bertz CT molecular complexity index is 275. The molecule has 0 aliphatic carbocycles. The van der Waals surface area contributed by atoms with Gasteiger partial charge < -0.3 is 10.2 Å². The van der Waals surface area contributed by atoms with Crippen molar-refractivity contribution in [3.63, 3.8) is 0 Å². The van der Waals surface area contributed by atoms with Gasteiger partial charge in [0, 0.05) is 25.2 Å². The van der Waals surface area contributed by atoms with Gasteiger partial charge in [-0.25, -0.2) is 0 Å². The molecule has 1 fully saturated rings. The third kappa shape index (κ3) is 4.78. The minimum atomic E-state index is -0.143. The molecule has 0 aromatic rings. The van der Waals surface area contributed by atoms with Crippen molar-refractivity contribution in [1.29, 1.82) is 0 Å². The zero-order chi connectivity index (χ0) is 13.6. The summed E-state index contributed by atoms with van der Waals surface area (Å²) >= 11 is 0. The Balaban J connectivity index is 2.57. The quantitative estimate of drug-likeness (QED) is 0.762. The van der Waals surface area contributed by atoms with Crippen LogP contribution in [0.3, 0.4) is 0 Å². The maximum Gasteiger partial charge on any atom is 0.237 e. The molecule has 18 heavy (non-hydrogen) atoms. The van der Waals surface area contributed by atoms with Crippen molar-refractivity contribution >= 4 is 5.91 Å². The molecule has 0 saturated carbocycles. The van der Waals surface area contributed by atoms with Crippen LogP contribution in [-0.4, -0.2) is 60.5 Å². The standard InChI is InChI=1S/C14H27N3O/c1-5-9-17(14(2,3)4)13(18)12-16-10-6-7-15-8-11-16/h5,15H,1,6-12H2,2-4H3. The first kappa shape index (κ1) is 15.2. The van der Waals surface area contributed by atoms with Crippen molar-refractivity contribution in [2.75, 3.05) is 39.3 Å². The Labute approximate surface area is 111 Å². The molecule has 0 spiro atoms. The van der Waals surface area contributed by atoms with Crippen LogP contribution in [0.5, 0.6) is 0 Å². The fourth-order valence-electron chi connectivity index (χ4n) is 2.22. The van der Waals surface area contributed by atoms with Gasteiger partial charge >= 0.3 is 0 Å². The van der Waals surface area contributed by atoms with Crippen LogP contribution in [0.4, 0.5) is 0 Å². The van der Waals surface area contributed by atoms with Gasteiger partial charge in [-0.3, -0.25) is 9.69 Å². The lowest BCUT2D eigenvalue weighted by Gasteiger charge is -2.36. The first-order chi connectivity index (χ1) is 8.45. The van der Waals surface area contributed by atoms with Crippen molar-refractivity contribution < 1.29 is 4.79 Å². The van der Waals surface area contributed by atoms with E-state index in [4.69, 9.17) is 0 Å². The van der Waals surface area contributed by atoms with E-state index in [9.17, 15) is 4.79 Å². The van der Waals surface area contributed by atoms with E-state index in [1.54, 1.807) is 6.08 Å². The maximum absolute atomic E-state index is 12.4. The van der Waals surface area contributed by atoms with Crippen LogP contribution in [0.25, 0.3) is 0 Å². The highest BCUT2D eigenvalue weighted by molar-refractivity contribution is 5.79. The molecule has 1 rings (SSSR count). The number of hydrogen-bond donors (Lipinski definition) is 1. The minimum absolute atomic E-state index is 0.143. The summed E-state index contributed by atoms with van der Waals surface area (Å²) < 4.78 is 0. The van der Waals surface area contributed by atoms with Crippen LogP contribution >= 0.6 is 0 Å². The van der Waals surface area contributed by atoms with E-state index in [0.29, 0.717) is 13.1 Å². The van der Waals surface area contributed by atoms with Gasteiger partial charge in [-0.2, -0.15) is 0 Å². The van der Waals surface area contributed by atoms with E-state index >= 15 is 0 Å². The van der Waals surface area contributed by atoms with E-state index in [2.05, 4.69) is 37.6 Å². The molecular weight excluding hydrogens is 226 g/mol. The lowest BCUT2D eigenvalue weighted by Crippen LogP contribution is -2.50. The molecule has 104 valence electrons. The largest absolute Gasteiger partial charge is 0.333 e. The summed E-state index contributed by atoms with van der Waals surface area (Å²) in [6.07, 6.45) is 2.91. The van der Waals surface area contributed by atoms with Gasteiger partial charge in [0.15, 0.2) is 0 Å². The van der Waals surface area contributed by atoms with Crippen LogP contribution in [0.2, 0.25) is 0 Å². The molecule has 1 aliphatic heterocycles. The SMILES string of the molecule is C=CCN(C(=O)CN1CCCNCC1)C(C)(C)C. The number of hydrogen-bond acceptors (Lipinski definition) is 3. The van der Waals surface area contributed by atoms with Gasteiger partial charge in [-0.15, -0.1) is 6.58 Å². The lowest BCUT2D eigenvalue weighted by atomic mass is 10.1. The molecule has 1 saturated heterocycles. The van der Waals surface area contributed by atoms with Crippen LogP contribution in [0, 0.1) is 0 Å². The minimum Gasteiger partial charge on any atom is -0.333 e. The van der Waals surface area contributed by atoms with Gasteiger partial charge in [-0.05, 0) is 40.3 Å². The molecule has 0 atom stereocenters. The third-order valence-electron chi connectivity index (χ3n) is 3.21. The molecule has 0 aromatic carbocycles. The van der Waals surface area contributed by atoms with Gasteiger partial charge in [-0.1, -0.05) is 6.08 Å². The van der Waals surface area contributed by atoms with Crippen molar-refractivity contribution in [3.05, 3.63) is 12.7 Å². The predicted octanol–water partition coefficient (Wildman–Crippen LogP) is 1.09. The third-order valence-corrected chi connectivity index (χ3v) is 3.21. The molecule has 0 bridgehead atoms. The Morgan fingerprint density at radius 2 is 2.11 bits per heavy atom. The molecule has 1 heterocycles. The van der Waals surface area contributed by atoms with E-state index in [1.165, 1.54) is 0 Å². The average molecular weight is 253 g/mol. The molecule has 1 N–H and O–H groups in total. The summed E-state index contributed by atoms with van der Waals surface area (Å²) in [5.74, 6) is 0.198. The van der Waals surface area contributed by atoms with Gasteiger partial charge in [0.05, 0.1) is 6.54 Å². The van der Waals surface area contributed by atoms with Gasteiger partial charge in [0.25, 0.3) is 0 Å². The second-order valence-corrected chi connectivity index (χ2v) is 5.84.